The van der Waals surface area contributed by atoms with Gasteiger partial charge in [-0.2, -0.15) is 0 Å². The molecule has 0 radical (unpaired) electrons. The molecule has 0 fully saturated rings. The summed E-state index contributed by atoms with van der Waals surface area (Å²) in [6.07, 6.45) is -0.216. The van der Waals surface area contributed by atoms with Gasteiger partial charge in [0.25, 0.3) is 0 Å². The molecule has 0 aromatic carbocycles. The Labute approximate surface area is 101 Å². The average Bonchev–Trinajstić information content (AvgIpc) is 2.37. The molecular formula is C10H23O6P. The first-order valence-electron chi connectivity index (χ1n) is 5.68. The molecule has 0 atom stereocenters. The van der Waals surface area contributed by atoms with Crippen molar-refractivity contribution in [2.45, 2.75) is 32.6 Å². The van der Waals surface area contributed by atoms with Crippen molar-refractivity contribution in [1.29, 1.82) is 0 Å². The van der Waals surface area contributed by atoms with Crippen molar-refractivity contribution in [3.63, 3.8) is 0 Å². The van der Waals surface area contributed by atoms with Gasteiger partial charge >= 0.3 is 101 Å². The van der Waals surface area contributed by atoms with Gasteiger partial charge in [0.05, 0.1) is 0 Å². The summed E-state index contributed by atoms with van der Waals surface area (Å²) in [5.74, 6) is -0.595. The van der Waals surface area contributed by atoms with Crippen molar-refractivity contribution in [2.75, 3.05) is 25.4 Å². The summed E-state index contributed by atoms with van der Waals surface area (Å²) in [7, 11) is 0. The van der Waals surface area contributed by atoms with Crippen LogP contribution in [0, 0.1) is 0 Å². The molecule has 0 aliphatic carbocycles. The molecule has 0 aliphatic rings. The predicted molar refractivity (Wildman–Crippen MR) is 65.5 cm³/mol. The Kier molecular flexibility index (Phi) is 7.13. The van der Waals surface area contributed by atoms with Crippen LogP contribution in [0.15, 0.2) is 0 Å². The summed E-state index contributed by atoms with van der Waals surface area (Å²) in [5, 5.41) is 37.0. The van der Waals surface area contributed by atoms with E-state index in [2.05, 4.69) is 0 Å². The van der Waals surface area contributed by atoms with Gasteiger partial charge in [-0.1, -0.05) is 0 Å². The summed E-state index contributed by atoms with van der Waals surface area (Å²) in [6.45, 7) is -1.97. The van der Waals surface area contributed by atoms with Crippen LogP contribution in [0.5, 0.6) is 0 Å². The number of hydrogen-bond donors (Lipinski definition) is 4. The van der Waals surface area contributed by atoms with Gasteiger partial charge in [0.2, 0.25) is 0 Å². The molecule has 4 N–H and O–H groups in total. The standard InChI is InChI=1S/C10H23O6P/c1-2-3-4-5-10(15)16-17(6-11,7-12,8-13)9-14/h11-14H,2-9H2,1H3. The first-order valence-corrected chi connectivity index (χ1v) is 8.58. The van der Waals surface area contributed by atoms with Crippen molar-refractivity contribution in [3.05, 3.63) is 0 Å². The monoisotopic (exact) mass is 270 g/mol. The Morgan fingerprint density at radius 2 is 1.47 bits per heavy atom. The van der Waals surface area contributed by atoms with E-state index >= 15 is 0 Å². The molecule has 0 saturated heterocycles. The second kappa shape index (κ2) is 7.24. The molecule has 0 unspecified atom stereocenters. The van der Waals surface area contributed by atoms with Gasteiger partial charge in [-0.15, -0.1) is 0 Å². The van der Waals surface area contributed by atoms with E-state index in [-0.39, 0.29) is 6.42 Å². The molecule has 7 heteroatoms. The quantitative estimate of drug-likeness (QED) is 0.356. The van der Waals surface area contributed by atoms with Crippen molar-refractivity contribution < 1.29 is 29.7 Å². The van der Waals surface area contributed by atoms with E-state index in [0.29, 0.717) is 6.42 Å². The SMILES string of the molecule is CCCCCC(=O)OP(CO)(CO)(CO)CO. The van der Waals surface area contributed by atoms with Crippen LogP contribution in [-0.4, -0.2) is 51.8 Å². The Hall–Kier alpha value is -0.260. The topological polar surface area (TPSA) is 107 Å². The van der Waals surface area contributed by atoms with Crippen LogP contribution in [0.1, 0.15) is 32.6 Å². The molecule has 0 aromatic heterocycles. The van der Waals surface area contributed by atoms with E-state index in [1.807, 2.05) is 6.92 Å². The van der Waals surface area contributed by atoms with E-state index in [4.69, 9.17) is 4.52 Å². The van der Waals surface area contributed by atoms with E-state index < -0.39 is 38.2 Å². The molecule has 0 rings (SSSR count). The van der Waals surface area contributed by atoms with Crippen LogP contribution >= 0.6 is 6.83 Å². The minimum absolute atomic E-state index is 0.158. The minimum atomic E-state index is -3.97. The normalized spacial score (nSPS) is 14.1. The van der Waals surface area contributed by atoms with Crippen LogP contribution < -0.4 is 0 Å². The number of hydrogen-bond acceptors (Lipinski definition) is 6. The zero-order valence-electron chi connectivity index (χ0n) is 10.2. The fraction of sp³-hybridized carbons (Fsp3) is 0.900. The fourth-order valence-corrected chi connectivity index (χ4v) is 2.67. The maximum atomic E-state index is 11.5. The predicted octanol–water partition coefficient (Wildman–Crippen LogP) is 0.377. The van der Waals surface area contributed by atoms with Gasteiger partial charge in [0, 0.05) is 0 Å². The first kappa shape index (κ1) is 16.7. The summed E-state index contributed by atoms with van der Waals surface area (Å²) < 4.78 is 5.06. The van der Waals surface area contributed by atoms with Crippen molar-refractivity contribution in [2.24, 2.45) is 0 Å². The van der Waals surface area contributed by atoms with Crippen molar-refractivity contribution in [1.82, 2.24) is 0 Å². The van der Waals surface area contributed by atoms with Gasteiger partial charge < -0.3 is 0 Å². The summed E-state index contributed by atoms with van der Waals surface area (Å²) >= 11 is 0. The third-order valence-corrected chi connectivity index (χ3v) is 6.36. The fourth-order valence-electron chi connectivity index (χ4n) is 1.24. The van der Waals surface area contributed by atoms with Crippen LogP contribution in [0.4, 0.5) is 0 Å². The van der Waals surface area contributed by atoms with Crippen molar-refractivity contribution >= 4 is 12.8 Å². The molecule has 0 bridgehead atoms. The van der Waals surface area contributed by atoms with Gasteiger partial charge in [-0.3, -0.25) is 0 Å². The zero-order chi connectivity index (χ0) is 13.4. The molecule has 0 saturated carbocycles. The Balaban J connectivity index is 4.59. The Bertz CT molecular complexity index is 217. The molecule has 6 nitrogen and oxygen atoms in total. The third-order valence-electron chi connectivity index (χ3n) is 2.78. The summed E-state index contributed by atoms with van der Waals surface area (Å²) in [6, 6.07) is 0. The van der Waals surface area contributed by atoms with E-state index in [1.54, 1.807) is 0 Å². The third kappa shape index (κ3) is 4.16. The van der Waals surface area contributed by atoms with Crippen LogP contribution in [0.3, 0.4) is 0 Å². The van der Waals surface area contributed by atoms with Crippen molar-refractivity contribution in [3.8, 4) is 0 Å². The van der Waals surface area contributed by atoms with Crippen LogP contribution in [-0.2, 0) is 9.32 Å². The average molecular weight is 270 g/mol. The molecule has 0 spiro atoms. The van der Waals surface area contributed by atoms with Gasteiger partial charge in [0.15, 0.2) is 0 Å². The second-order valence-corrected chi connectivity index (χ2v) is 9.37. The molecule has 0 aliphatic heterocycles. The van der Waals surface area contributed by atoms with E-state index in [1.165, 1.54) is 0 Å². The number of carbonyl (C=O) groups excluding carboxylic acids is 1. The first-order chi connectivity index (χ1) is 8.01. The Morgan fingerprint density at radius 3 is 1.82 bits per heavy atom. The number of rotatable bonds is 9. The van der Waals surface area contributed by atoms with Gasteiger partial charge in [-0.25, -0.2) is 0 Å². The summed E-state index contributed by atoms with van der Waals surface area (Å²) in [5.41, 5.74) is 0. The molecule has 0 amide bonds. The Morgan fingerprint density at radius 1 is 1.00 bits per heavy atom. The molecule has 0 heterocycles. The molecule has 104 valence electrons. The number of aliphatic hydroxyl groups excluding tert-OH is 4. The molecule has 17 heavy (non-hydrogen) atoms. The van der Waals surface area contributed by atoms with Crippen LogP contribution in [0.2, 0.25) is 0 Å². The molecular weight excluding hydrogens is 247 g/mol. The van der Waals surface area contributed by atoms with Gasteiger partial charge in [-0.05, 0) is 0 Å². The maximum absolute atomic E-state index is 11.5. The second-order valence-electron chi connectivity index (χ2n) is 4.34. The number of unbranched alkanes of at least 4 members (excludes halogenated alkanes) is 2. The number of aliphatic hydroxyl groups is 4. The van der Waals surface area contributed by atoms with E-state index in [9.17, 15) is 25.2 Å². The zero-order valence-corrected chi connectivity index (χ0v) is 11.1. The van der Waals surface area contributed by atoms with Crippen LogP contribution in [0.25, 0.3) is 0 Å². The molecule has 0 aromatic rings. The summed E-state index contributed by atoms with van der Waals surface area (Å²) in [4.78, 5) is 11.5. The number of carbonyl (C=O) groups is 1. The van der Waals surface area contributed by atoms with E-state index in [0.717, 1.165) is 12.8 Å². The van der Waals surface area contributed by atoms with Gasteiger partial charge in [0.1, 0.15) is 0 Å².